The minimum absolute atomic E-state index is 0.216. The van der Waals surface area contributed by atoms with Crippen LogP contribution in [0.5, 0.6) is 0 Å². The zero-order valence-electron chi connectivity index (χ0n) is 13.6. The Labute approximate surface area is 128 Å². The first kappa shape index (κ1) is 16.0. The number of benzene rings is 1. The van der Waals surface area contributed by atoms with E-state index in [-0.39, 0.29) is 5.97 Å². The van der Waals surface area contributed by atoms with E-state index in [1.54, 1.807) is 0 Å². The van der Waals surface area contributed by atoms with Gasteiger partial charge in [-0.2, -0.15) is 0 Å². The van der Waals surface area contributed by atoms with Gasteiger partial charge in [0.05, 0.1) is 7.11 Å². The van der Waals surface area contributed by atoms with Crippen LogP contribution < -0.4 is 5.32 Å². The van der Waals surface area contributed by atoms with E-state index < -0.39 is 5.54 Å². The van der Waals surface area contributed by atoms with Gasteiger partial charge in [-0.25, -0.2) is 4.79 Å². The molecule has 0 amide bonds. The molecule has 1 fully saturated rings. The first-order chi connectivity index (χ1) is 9.97. The Kier molecular flexibility index (Phi) is 5.04. The third-order valence-electron chi connectivity index (χ3n) is 4.60. The second-order valence-corrected chi connectivity index (χ2v) is 6.52. The van der Waals surface area contributed by atoms with E-state index in [4.69, 9.17) is 4.74 Å². The van der Waals surface area contributed by atoms with Crippen LogP contribution in [0, 0.1) is 0 Å². The average Bonchev–Trinajstić information content (AvgIpc) is 2.99. The lowest BCUT2D eigenvalue weighted by Gasteiger charge is -2.32. The third kappa shape index (κ3) is 3.46. The Hall–Kier alpha value is -1.35. The highest BCUT2D eigenvalue weighted by atomic mass is 16.5. The number of hydrogen-bond donors (Lipinski definition) is 1. The Morgan fingerprint density at radius 3 is 2.29 bits per heavy atom. The summed E-state index contributed by atoms with van der Waals surface area (Å²) in [6.45, 7) is 6.28. The SMILES string of the molecule is COC(=O)C(C)(NC1CCCC1)c1ccc(C(C)C)cc1. The van der Waals surface area contributed by atoms with E-state index in [1.807, 2.05) is 19.1 Å². The first-order valence-corrected chi connectivity index (χ1v) is 7.94. The normalized spacial score (nSPS) is 18.7. The highest BCUT2D eigenvalue weighted by Crippen LogP contribution is 2.28. The molecule has 0 spiro atoms. The predicted octanol–water partition coefficient (Wildman–Crippen LogP) is 3.73. The molecule has 1 aromatic carbocycles. The van der Waals surface area contributed by atoms with E-state index in [9.17, 15) is 4.79 Å². The van der Waals surface area contributed by atoms with Gasteiger partial charge in [0.2, 0.25) is 0 Å². The minimum atomic E-state index is -0.765. The number of carbonyl (C=O) groups excluding carboxylic acids is 1. The molecular weight excluding hydrogens is 262 g/mol. The summed E-state index contributed by atoms with van der Waals surface area (Å²) >= 11 is 0. The lowest BCUT2D eigenvalue weighted by molar-refractivity contribution is -0.148. The molecule has 0 radical (unpaired) electrons. The first-order valence-electron chi connectivity index (χ1n) is 7.94. The van der Waals surface area contributed by atoms with Gasteiger partial charge in [0, 0.05) is 6.04 Å². The third-order valence-corrected chi connectivity index (χ3v) is 4.60. The minimum Gasteiger partial charge on any atom is -0.467 e. The van der Waals surface area contributed by atoms with Crippen molar-refractivity contribution < 1.29 is 9.53 Å². The van der Waals surface area contributed by atoms with Crippen molar-refractivity contribution in [1.82, 2.24) is 5.32 Å². The molecule has 21 heavy (non-hydrogen) atoms. The summed E-state index contributed by atoms with van der Waals surface area (Å²) in [6.07, 6.45) is 4.75. The Morgan fingerprint density at radius 2 is 1.81 bits per heavy atom. The van der Waals surface area contributed by atoms with Crippen LogP contribution in [0.1, 0.15) is 63.5 Å². The Balaban J connectivity index is 2.27. The molecule has 1 aromatic rings. The van der Waals surface area contributed by atoms with Crippen molar-refractivity contribution in [1.29, 1.82) is 0 Å². The monoisotopic (exact) mass is 289 g/mol. The van der Waals surface area contributed by atoms with Crippen LogP contribution >= 0.6 is 0 Å². The van der Waals surface area contributed by atoms with Crippen LogP contribution in [0.25, 0.3) is 0 Å². The zero-order valence-corrected chi connectivity index (χ0v) is 13.6. The molecule has 116 valence electrons. The smallest absolute Gasteiger partial charge is 0.330 e. The lowest BCUT2D eigenvalue weighted by Crippen LogP contribution is -2.51. The number of nitrogens with one attached hydrogen (secondary N) is 1. The molecule has 0 aromatic heterocycles. The molecule has 1 aliphatic rings. The van der Waals surface area contributed by atoms with Gasteiger partial charge >= 0.3 is 5.97 Å². The van der Waals surface area contributed by atoms with Crippen LogP contribution in [0.4, 0.5) is 0 Å². The van der Waals surface area contributed by atoms with E-state index in [0.29, 0.717) is 12.0 Å². The van der Waals surface area contributed by atoms with Gasteiger partial charge in [-0.05, 0) is 36.8 Å². The van der Waals surface area contributed by atoms with Crippen LogP contribution in [-0.2, 0) is 15.1 Å². The van der Waals surface area contributed by atoms with E-state index in [2.05, 4.69) is 31.3 Å². The second-order valence-electron chi connectivity index (χ2n) is 6.52. The number of esters is 1. The maximum absolute atomic E-state index is 12.4. The largest absolute Gasteiger partial charge is 0.467 e. The topological polar surface area (TPSA) is 38.3 Å². The van der Waals surface area contributed by atoms with Crippen molar-refractivity contribution in [3.05, 3.63) is 35.4 Å². The summed E-state index contributed by atoms with van der Waals surface area (Å²) in [5, 5.41) is 3.53. The van der Waals surface area contributed by atoms with Crippen molar-refractivity contribution in [3.8, 4) is 0 Å². The number of hydrogen-bond acceptors (Lipinski definition) is 3. The summed E-state index contributed by atoms with van der Waals surface area (Å²) < 4.78 is 5.06. The molecule has 3 heteroatoms. The molecule has 1 N–H and O–H groups in total. The number of ether oxygens (including phenoxy) is 1. The number of carbonyl (C=O) groups is 1. The molecule has 0 heterocycles. The molecule has 0 bridgehead atoms. The molecule has 1 saturated carbocycles. The molecule has 1 unspecified atom stereocenters. The number of rotatable bonds is 5. The lowest BCUT2D eigenvalue weighted by atomic mass is 9.89. The Bertz CT molecular complexity index is 474. The van der Waals surface area contributed by atoms with Gasteiger partial charge in [0.1, 0.15) is 5.54 Å². The zero-order chi connectivity index (χ0) is 15.5. The van der Waals surface area contributed by atoms with Crippen LogP contribution in [-0.4, -0.2) is 19.1 Å². The summed E-state index contributed by atoms with van der Waals surface area (Å²) in [6, 6.07) is 8.72. The summed E-state index contributed by atoms with van der Waals surface area (Å²) in [5.74, 6) is 0.276. The van der Waals surface area contributed by atoms with E-state index in [0.717, 1.165) is 18.4 Å². The number of methoxy groups -OCH3 is 1. The van der Waals surface area contributed by atoms with Gasteiger partial charge < -0.3 is 4.74 Å². The molecule has 1 aliphatic carbocycles. The van der Waals surface area contributed by atoms with Crippen molar-refractivity contribution in [3.63, 3.8) is 0 Å². The van der Waals surface area contributed by atoms with Crippen molar-refractivity contribution >= 4 is 5.97 Å². The van der Waals surface area contributed by atoms with Crippen LogP contribution in [0.3, 0.4) is 0 Å². The maximum atomic E-state index is 12.4. The predicted molar refractivity (Wildman–Crippen MR) is 85.3 cm³/mol. The molecule has 2 rings (SSSR count). The average molecular weight is 289 g/mol. The molecule has 3 nitrogen and oxygen atoms in total. The Morgan fingerprint density at radius 1 is 1.24 bits per heavy atom. The van der Waals surface area contributed by atoms with Crippen molar-refractivity contribution in [2.24, 2.45) is 0 Å². The highest BCUT2D eigenvalue weighted by Gasteiger charge is 2.38. The molecule has 0 saturated heterocycles. The van der Waals surface area contributed by atoms with Gasteiger partial charge in [-0.3, -0.25) is 5.32 Å². The quantitative estimate of drug-likeness (QED) is 0.839. The van der Waals surface area contributed by atoms with Crippen molar-refractivity contribution in [2.75, 3.05) is 7.11 Å². The van der Waals surface area contributed by atoms with Crippen molar-refractivity contribution in [2.45, 2.75) is 64.0 Å². The van der Waals surface area contributed by atoms with E-state index in [1.165, 1.54) is 25.5 Å². The molecule has 1 atom stereocenters. The second kappa shape index (κ2) is 6.61. The summed E-state index contributed by atoms with van der Waals surface area (Å²) in [5.41, 5.74) is 1.50. The van der Waals surface area contributed by atoms with Crippen LogP contribution in [0.2, 0.25) is 0 Å². The van der Waals surface area contributed by atoms with E-state index >= 15 is 0 Å². The fourth-order valence-corrected chi connectivity index (χ4v) is 3.14. The van der Waals surface area contributed by atoms with Gasteiger partial charge in [-0.15, -0.1) is 0 Å². The standard InChI is InChI=1S/C18H27NO2/c1-13(2)14-9-11-15(12-10-14)18(3,17(20)21-4)19-16-7-5-6-8-16/h9-13,16,19H,5-8H2,1-4H3. The van der Waals surface area contributed by atoms with Gasteiger partial charge in [0.15, 0.2) is 0 Å². The fourth-order valence-electron chi connectivity index (χ4n) is 3.14. The van der Waals surface area contributed by atoms with Crippen LogP contribution in [0.15, 0.2) is 24.3 Å². The van der Waals surface area contributed by atoms with Gasteiger partial charge in [0.25, 0.3) is 0 Å². The van der Waals surface area contributed by atoms with Gasteiger partial charge in [-0.1, -0.05) is 51.0 Å². The molecular formula is C18H27NO2. The maximum Gasteiger partial charge on any atom is 0.330 e. The molecule has 0 aliphatic heterocycles. The highest BCUT2D eigenvalue weighted by molar-refractivity contribution is 5.82. The summed E-state index contributed by atoms with van der Waals surface area (Å²) in [4.78, 5) is 12.4. The summed E-state index contributed by atoms with van der Waals surface area (Å²) in [7, 11) is 1.46. The fraction of sp³-hybridized carbons (Fsp3) is 0.611.